The molecule has 0 aromatic heterocycles. The molecule has 0 aliphatic heterocycles. The van der Waals surface area contributed by atoms with Crippen molar-refractivity contribution in [2.75, 3.05) is 13.1 Å². The van der Waals surface area contributed by atoms with Crippen molar-refractivity contribution in [3.8, 4) is 11.8 Å². The van der Waals surface area contributed by atoms with Gasteiger partial charge in [0.25, 0.3) is 0 Å². The Morgan fingerprint density at radius 2 is 2.00 bits per heavy atom. The van der Waals surface area contributed by atoms with E-state index < -0.39 is 15.8 Å². The van der Waals surface area contributed by atoms with Gasteiger partial charge in [0.05, 0.1) is 17.0 Å². The third-order valence-corrected chi connectivity index (χ3v) is 3.77. The molecule has 0 fully saturated rings. The molecule has 0 aliphatic rings. The van der Waals surface area contributed by atoms with Gasteiger partial charge in [0.1, 0.15) is 5.82 Å². The summed E-state index contributed by atoms with van der Waals surface area (Å²) in [7, 11) is -3.72. The van der Waals surface area contributed by atoms with Crippen LogP contribution in [0.5, 0.6) is 0 Å². The van der Waals surface area contributed by atoms with Crippen LogP contribution in [0.1, 0.15) is 26.3 Å². The van der Waals surface area contributed by atoms with Crippen molar-refractivity contribution in [3.63, 3.8) is 0 Å². The molecule has 0 aliphatic carbocycles. The van der Waals surface area contributed by atoms with Crippen molar-refractivity contribution in [2.45, 2.75) is 25.7 Å². The molecule has 110 valence electrons. The van der Waals surface area contributed by atoms with Gasteiger partial charge in [-0.1, -0.05) is 32.6 Å². The highest BCUT2D eigenvalue weighted by Gasteiger charge is 2.19. The van der Waals surface area contributed by atoms with Crippen LogP contribution in [0.3, 0.4) is 0 Å². The molecular formula is C14H19FN2O2S. The number of sulfonamides is 1. The largest absolute Gasteiger partial charge is 0.320 e. The van der Waals surface area contributed by atoms with Gasteiger partial charge in [-0.2, -0.15) is 0 Å². The SMILES string of the molecule is CC(C)(C)CNS(=O)(=O)c1ccc(C#CCN)c(F)c1. The number of rotatable bonds is 3. The van der Waals surface area contributed by atoms with Crippen LogP contribution in [0.25, 0.3) is 0 Å². The maximum atomic E-state index is 13.7. The molecule has 0 saturated carbocycles. The second-order valence-corrected chi connectivity index (χ2v) is 7.30. The van der Waals surface area contributed by atoms with Crippen molar-refractivity contribution in [3.05, 3.63) is 29.6 Å². The summed E-state index contributed by atoms with van der Waals surface area (Å²) < 4.78 is 40.2. The molecule has 6 heteroatoms. The van der Waals surface area contributed by atoms with Crippen LogP contribution < -0.4 is 10.5 Å². The van der Waals surface area contributed by atoms with Crippen molar-refractivity contribution in [2.24, 2.45) is 11.1 Å². The van der Waals surface area contributed by atoms with Crippen molar-refractivity contribution in [1.82, 2.24) is 4.72 Å². The molecule has 0 atom stereocenters. The van der Waals surface area contributed by atoms with Crippen LogP contribution >= 0.6 is 0 Å². The number of hydrogen-bond donors (Lipinski definition) is 2. The first-order valence-electron chi connectivity index (χ1n) is 6.14. The molecule has 1 rings (SSSR count). The summed E-state index contributed by atoms with van der Waals surface area (Å²) in [4.78, 5) is -0.113. The van der Waals surface area contributed by atoms with Crippen LogP contribution in [0, 0.1) is 23.1 Å². The Morgan fingerprint density at radius 1 is 1.35 bits per heavy atom. The quantitative estimate of drug-likeness (QED) is 0.830. The first-order valence-corrected chi connectivity index (χ1v) is 7.62. The van der Waals surface area contributed by atoms with Crippen molar-refractivity contribution < 1.29 is 12.8 Å². The zero-order valence-electron chi connectivity index (χ0n) is 11.8. The average Bonchev–Trinajstić information content (AvgIpc) is 2.34. The van der Waals surface area contributed by atoms with Gasteiger partial charge in [0.2, 0.25) is 10.0 Å². The third kappa shape index (κ3) is 4.93. The Kier molecular flexibility index (Phi) is 5.28. The molecule has 1 aromatic carbocycles. The first-order chi connectivity index (χ1) is 9.15. The third-order valence-electron chi connectivity index (χ3n) is 2.37. The molecule has 1 aromatic rings. The summed E-state index contributed by atoms with van der Waals surface area (Å²) in [6.07, 6.45) is 0. The Labute approximate surface area is 119 Å². The van der Waals surface area contributed by atoms with Gasteiger partial charge in [-0.05, 0) is 23.6 Å². The number of halogens is 1. The lowest BCUT2D eigenvalue weighted by atomic mass is 9.98. The van der Waals surface area contributed by atoms with E-state index in [9.17, 15) is 12.8 Å². The van der Waals surface area contributed by atoms with E-state index in [1.165, 1.54) is 12.1 Å². The van der Waals surface area contributed by atoms with Gasteiger partial charge in [0.15, 0.2) is 0 Å². The Morgan fingerprint density at radius 3 is 2.50 bits per heavy atom. The minimum Gasteiger partial charge on any atom is -0.320 e. The molecule has 20 heavy (non-hydrogen) atoms. The van der Waals surface area contributed by atoms with E-state index in [4.69, 9.17) is 5.73 Å². The highest BCUT2D eigenvalue weighted by Crippen LogP contribution is 2.16. The van der Waals surface area contributed by atoms with Crippen LogP contribution in [0.4, 0.5) is 4.39 Å². The molecule has 3 N–H and O–H groups in total. The van der Waals surface area contributed by atoms with Crippen molar-refractivity contribution >= 4 is 10.0 Å². The topological polar surface area (TPSA) is 72.2 Å². The Bertz CT molecular complexity index is 637. The van der Waals surface area contributed by atoms with E-state index in [-0.39, 0.29) is 29.0 Å². The van der Waals surface area contributed by atoms with Gasteiger partial charge in [-0.25, -0.2) is 17.5 Å². The van der Waals surface area contributed by atoms with Crippen LogP contribution in [0.15, 0.2) is 23.1 Å². The predicted molar refractivity (Wildman–Crippen MR) is 77.0 cm³/mol. The normalized spacial score (nSPS) is 11.8. The number of nitrogens with two attached hydrogens (primary N) is 1. The summed E-state index contributed by atoms with van der Waals surface area (Å²) in [5.74, 6) is 4.39. The van der Waals surface area contributed by atoms with E-state index in [2.05, 4.69) is 16.6 Å². The van der Waals surface area contributed by atoms with E-state index >= 15 is 0 Å². The van der Waals surface area contributed by atoms with Crippen LogP contribution in [-0.2, 0) is 10.0 Å². The fourth-order valence-electron chi connectivity index (χ4n) is 1.31. The highest BCUT2D eigenvalue weighted by molar-refractivity contribution is 7.89. The fraction of sp³-hybridized carbons (Fsp3) is 0.429. The molecule has 0 spiro atoms. The average molecular weight is 298 g/mol. The summed E-state index contributed by atoms with van der Waals surface area (Å²) in [6.45, 7) is 6.10. The van der Waals surface area contributed by atoms with E-state index in [0.717, 1.165) is 6.07 Å². The maximum Gasteiger partial charge on any atom is 0.240 e. The van der Waals surface area contributed by atoms with Crippen molar-refractivity contribution in [1.29, 1.82) is 0 Å². The molecule has 0 radical (unpaired) electrons. The molecule has 0 amide bonds. The Balaban J connectivity index is 3.00. The smallest absolute Gasteiger partial charge is 0.240 e. The minimum atomic E-state index is -3.72. The van der Waals surface area contributed by atoms with Gasteiger partial charge >= 0.3 is 0 Å². The molecular weight excluding hydrogens is 279 g/mol. The van der Waals surface area contributed by atoms with E-state index in [1.807, 2.05) is 20.8 Å². The van der Waals surface area contributed by atoms with Gasteiger partial charge < -0.3 is 5.73 Å². The van der Waals surface area contributed by atoms with Gasteiger partial charge in [-0.15, -0.1) is 0 Å². The lowest BCUT2D eigenvalue weighted by molar-refractivity contribution is 0.407. The van der Waals surface area contributed by atoms with Gasteiger partial charge in [-0.3, -0.25) is 0 Å². The second-order valence-electron chi connectivity index (χ2n) is 5.53. The zero-order valence-corrected chi connectivity index (χ0v) is 12.6. The highest BCUT2D eigenvalue weighted by atomic mass is 32.2. The van der Waals surface area contributed by atoms with E-state index in [1.54, 1.807) is 0 Å². The van der Waals surface area contributed by atoms with E-state index in [0.29, 0.717) is 0 Å². The second kappa shape index (κ2) is 6.35. The fourth-order valence-corrected chi connectivity index (χ4v) is 2.60. The molecule has 0 heterocycles. The Hall–Kier alpha value is -1.42. The summed E-state index contributed by atoms with van der Waals surface area (Å²) in [5, 5.41) is 0. The minimum absolute atomic E-state index is 0.113. The first kappa shape index (κ1) is 16.6. The molecule has 0 saturated heterocycles. The van der Waals surface area contributed by atoms with Gasteiger partial charge in [0, 0.05) is 6.54 Å². The van der Waals surface area contributed by atoms with Crippen LogP contribution in [0.2, 0.25) is 0 Å². The molecule has 0 unspecified atom stereocenters. The number of benzene rings is 1. The maximum absolute atomic E-state index is 13.7. The number of hydrogen-bond acceptors (Lipinski definition) is 3. The number of nitrogens with one attached hydrogen (secondary N) is 1. The van der Waals surface area contributed by atoms with Crippen LogP contribution in [-0.4, -0.2) is 21.5 Å². The lowest BCUT2D eigenvalue weighted by Gasteiger charge is -2.18. The zero-order chi connectivity index (χ0) is 15.4. The standard InChI is InChI=1S/C14H19FN2O2S/c1-14(2,3)10-17-20(18,19)12-7-6-11(5-4-8-16)13(15)9-12/h6-7,9,17H,8,10,16H2,1-3H3. The predicted octanol–water partition coefficient (Wildman–Crippen LogP) is 1.46. The molecule has 0 bridgehead atoms. The summed E-state index contributed by atoms with van der Waals surface area (Å²) in [5.41, 5.74) is 5.14. The lowest BCUT2D eigenvalue weighted by Crippen LogP contribution is -2.32. The molecule has 4 nitrogen and oxygen atoms in total. The summed E-state index contributed by atoms with van der Waals surface area (Å²) in [6, 6.07) is 3.63. The monoisotopic (exact) mass is 298 g/mol. The summed E-state index contributed by atoms with van der Waals surface area (Å²) >= 11 is 0.